The Bertz CT molecular complexity index is 966. The minimum Gasteiger partial charge on any atom is -0.497 e. The number of hydrogen-bond acceptors (Lipinski definition) is 4. The number of hydrogen-bond donors (Lipinski definition) is 2. The van der Waals surface area contributed by atoms with E-state index < -0.39 is 17.5 Å². The number of nitrogens with zero attached hydrogens (tertiary/aromatic N) is 1. The van der Waals surface area contributed by atoms with Gasteiger partial charge in [-0.05, 0) is 48.7 Å². The zero-order chi connectivity index (χ0) is 20.1. The summed E-state index contributed by atoms with van der Waals surface area (Å²) in [6.45, 7) is 0. The summed E-state index contributed by atoms with van der Waals surface area (Å²) >= 11 is 0. The molecule has 0 aliphatic heterocycles. The average molecular weight is 387 g/mol. The van der Waals surface area contributed by atoms with Crippen LogP contribution in [-0.4, -0.2) is 30.3 Å². The highest BCUT2D eigenvalue weighted by Gasteiger charge is 2.12. The first-order valence-corrected chi connectivity index (χ1v) is 8.51. The van der Waals surface area contributed by atoms with Crippen LogP contribution in [-0.2, 0) is 12.8 Å². The molecule has 2 N–H and O–H groups in total. The SMILES string of the molecule is COc1cc(CCc2cc(NC(=O)c3ccc(F)c(F)c3)n[nH]2)cc(OC)c1. The third-order valence-electron chi connectivity index (χ3n) is 4.15. The fourth-order valence-corrected chi connectivity index (χ4v) is 2.67. The molecule has 0 saturated heterocycles. The Balaban J connectivity index is 1.62. The highest BCUT2D eigenvalue weighted by atomic mass is 19.2. The zero-order valence-corrected chi connectivity index (χ0v) is 15.4. The number of methoxy groups -OCH3 is 2. The van der Waals surface area contributed by atoms with Gasteiger partial charge in [0.1, 0.15) is 11.5 Å². The highest BCUT2D eigenvalue weighted by Crippen LogP contribution is 2.23. The van der Waals surface area contributed by atoms with E-state index in [1.807, 2.05) is 12.1 Å². The number of aromatic nitrogens is 2. The molecule has 3 aromatic rings. The first kappa shape index (κ1) is 19.3. The summed E-state index contributed by atoms with van der Waals surface area (Å²) in [5.74, 6) is -0.948. The predicted octanol–water partition coefficient (Wildman–Crippen LogP) is 3.74. The van der Waals surface area contributed by atoms with Crippen LogP contribution in [0.25, 0.3) is 0 Å². The van der Waals surface area contributed by atoms with Crippen LogP contribution in [0.15, 0.2) is 42.5 Å². The molecule has 0 spiro atoms. The van der Waals surface area contributed by atoms with Crippen molar-refractivity contribution in [2.45, 2.75) is 12.8 Å². The number of ether oxygens (including phenoxy) is 2. The van der Waals surface area contributed by atoms with Gasteiger partial charge in [-0.3, -0.25) is 9.89 Å². The van der Waals surface area contributed by atoms with Crippen molar-refractivity contribution in [2.75, 3.05) is 19.5 Å². The van der Waals surface area contributed by atoms with Gasteiger partial charge in [0.2, 0.25) is 0 Å². The van der Waals surface area contributed by atoms with E-state index in [1.54, 1.807) is 26.4 Å². The second-order valence-electron chi connectivity index (χ2n) is 6.08. The number of nitrogens with one attached hydrogen (secondary N) is 2. The third kappa shape index (κ3) is 4.64. The van der Waals surface area contributed by atoms with Gasteiger partial charge in [-0.2, -0.15) is 5.10 Å². The molecule has 0 bridgehead atoms. The summed E-state index contributed by atoms with van der Waals surface area (Å²) in [5.41, 5.74) is 1.84. The summed E-state index contributed by atoms with van der Waals surface area (Å²) in [4.78, 5) is 12.1. The Labute approximate surface area is 160 Å². The summed E-state index contributed by atoms with van der Waals surface area (Å²) in [7, 11) is 3.19. The van der Waals surface area contributed by atoms with Crippen molar-refractivity contribution in [1.29, 1.82) is 0 Å². The second-order valence-corrected chi connectivity index (χ2v) is 6.08. The molecular formula is C20H19F2N3O3. The van der Waals surface area contributed by atoms with Gasteiger partial charge in [0.25, 0.3) is 5.91 Å². The molecule has 146 valence electrons. The molecule has 1 amide bonds. The van der Waals surface area contributed by atoms with Gasteiger partial charge in [-0.25, -0.2) is 8.78 Å². The molecule has 6 nitrogen and oxygen atoms in total. The topological polar surface area (TPSA) is 76.2 Å². The van der Waals surface area contributed by atoms with Crippen LogP contribution in [0.2, 0.25) is 0 Å². The molecule has 1 aromatic heterocycles. The monoisotopic (exact) mass is 387 g/mol. The van der Waals surface area contributed by atoms with Crippen LogP contribution >= 0.6 is 0 Å². The summed E-state index contributed by atoms with van der Waals surface area (Å²) in [6.07, 6.45) is 1.34. The van der Waals surface area contributed by atoms with Crippen molar-refractivity contribution in [1.82, 2.24) is 10.2 Å². The summed E-state index contributed by atoms with van der Waals surface area (Å²) in [6, 6.07) is 10.3. The number of anilines is 1. The Morgan fingerprint density at radius 1 is 1.00 bits per heavy atom. The number of carbonyl (C=O) groups excluding carboxylic acids is 1. The Hall–Kier alpha value is -3.42. The maximum Gasteiger partial charge on any atom is 0.256 e. The lowest BCUT2D eigenvalue weighted by Gasteiger charge is -2.08. The van der Waals surface area contributed by atoms with Gasteiger partial charge >= 0.3 is 0 Å². The first-order valence-electron chi connectivity index (χ1n) is 8.51. The molecule has 3 rings (SSSR count). The predicted molar refractivity (Wildman–Crippen MR) is 99.9 cm³/mol. The van der Waals surface area contributed by atoms with Crippen LogP contribution in [0.1, 0.15) is 21.6 Å². The van der Waals surface area contributed by atoms with Crippen LogP contribution in [0.4, 0.5) is 14.6 Å². The standard InChI is InChI=1S/C20H19F2N3O3/c1-27-15-7-12(8-16(11-15)28-2)3-5-14-10-19(25-24-14)23-20(26)13-4-6-17(21)18(22)9-13/h4,6-11H,3,5H2,1-2H3,(H2,23,24,25,26). The fourth-order valence-electron chi connectivity index (χ4n) is 2.67. The van der Waals surface area contributed by atoms with Crippen LogP contribution in [0.5, 0.6) is 11.5 Å². The minimum atomic E-state index is -1.08. The molecule has 0 aliphatic carbocycles. The maximum atomic E-state index is 13.3. The molecule has 0 atom stereocenters. The zero-order valence-electron chi connectivity index (χ0n) is 15.4. The number of carbonyl (C=O) groups is 1. The number of benzene rings is 2. The van der Waals surface area contributed by atoms with E-state index >= 15 is 0 Å². The normalized spacial score (nSPS) is 10.6. The van der Waals surface area contributed by atoms with Gasteiger partial charge in [0, 0.05) is 23.4 Å². The van der Waals surface area contributed by atoms with E-state index in [9.17, 15) is 13.6 Å². The van der Waals surface area contributed by atoms with Gasteiger partial charge < -0.3 is 14.8 Å². The highest BCUT2D eigenvalue weighted by molar-refractivity contribution is 6.03. The van der Waals surface area contributed by atoms with Crippen LogP contribution in [0.3, 0.4) is 0 Å². The lowest BCUT2D eigenvalue weighted by atomic mass is 10.1. The van der Waals surface area contributed by atoms with Crippen molar-refractivity contribution in [3.05, 3.63) is 70.9 Å². The maximum absolute atomic E-state index is 13.3. The number of rotatable bonds is 7. The lowest BCUT2D eigenvalue weighted by Crippen LogP contribution is -2.12. The van der Waals surface area contributed by atoms with Crippen molar-refractivity contribution in [2.24, 2.45) is 0 Å². The van der Waals surface area contributed by atoms with E-state index in [0.29, 0.717) is 30.2 Å². The van der Waals surface area contributed by atoms with Crippen LogP contribution in [0, 0.1) is 11.6 Å². The van der Waals surface area contributed by atoms with E-state index in [4.69, 9.17) is 9.47 Å². The van der Waals surface area contributed by atoms with Gasteiger partial charge in [-0.15, -0.1) is 0 Å². The molecule has 28 heavy (non-hydrogen) atoms. The molecule has 0 unspecified atom stereocenters. The number of aromatic amines is 1. The number of halogens is 2. The smallest absolute Gasteiger partial charge is 0.256 e. The Morgan fingerprint density at radius 2 is 1.71 bits per heavy atom. The molecule has 1 heterocycles. The average Bonchev–Trinajstić information content (AvgIpc) is 3.15. The third-order valence-corrected chi connectivity index (χ3v) is 4.15. The molecule has 0 saturated carbocycles. The quantitative estimate of drug-likeness (QED) is 0.648. The largest absolute Gasteiger partial charge is 0.497 e. The Kier molecular flexibility index (Phi) is 5.88. The second kappa shape index (κ2) is 8.51. The van der Waals surface area contributed by atoms with Gasteiger partial charge in [0.15, 0.2) is 17.5 Å². The van der Waals surface area contributed by atoms with Crippen molar-refractivity contribution in [3.8, 4) is 11.5 Å². The van der Waals surface area contributed by atoms with E-state index in [0.717, 1.165) is 23.4 Å². The van der Waals surface area contributed by atoms with E-state index in [-0.39, 0.29) is 5.56 Å². The molecule has 0 radical (unpaired) electrons. The first-order chi connectivity index (χ1) is 13.5. The molecular weight excluding hydrogens is 368 g/mol. The number of amides is 1. The van der Waals surface area contributed by atoms with Gasteiger partial charge in [-0.1, -0.05) is 0 Å². The number of aryl methyl sites for hydroxylation is 2. The molecule has 0 fully saturated rings. The molecule has 0 aliphatic rings. The van der Waals surface area contributed by atoms with Gasteiger partial charge in [0.05, 0.1) is 14.2 Å². The Morgan fingerprint density at radius 3 is 2.36 bits per heavy atom. The minimum absolute atomic E-state index is 0.00641. The van der Waals surface area contributed by atoms with Crippen LogP contribution < -0.4 is 14.8 Å². The van der Waals surface area contributed by atoms with Crippen molar-refractivity contribution >= 4 is 11.7 Å². The van der Waals surface area contributed by atoms with E-state index in [2.05, 4.69) is 15.5 Å². The fraction of sp³-hybridized carbons (Fsp3) is 0.200. The summed E-state index contributed by atoms with van der Waals surface area (Å²) in [5, 5.41) is 9.43. The van der Waals surface area contributed by atoms with Crippen molar-refractivity contribution in [3.63, 3.8) is 0 Å². The van der Waals surface area contributed by atoms with E-state index in [1.165, 1.54) is 6.07 Å². The molecule has 8 heteroatoms. The lowest BCUT2D eigenvalue weighted by molar-refractivity contribution is 0.102. The summed E-state index contributed by atoms with van der Waals surface area (Å²) < 4.78 is 36.7. The molecule has 2 aromatic carbocycles. The number of H-pyrrole nitrogens is 1. The van der Waals surface area contributed by atoms with Crippen molar-refractivity contribution < 1.29 is 23.0 Å².